The summed E-state index contributed by atoms with van der Waals surface area (Å²) in [5.41, 5.74) is 0.160. The van der Waals surface area contributed by atoms with Gasteiger partial charge in [0.25, 0.3) is 0 Å². The van der Waals surface area contributed by atoms with Crippen molar-refractivity contribution in [1.82, 2.24) is 4.90 Å². The highest BCUT2D eigenvalue weighted by molar-refractivity contribution is 5.89. The Balaban J connectivity index is 3.65. The number of rotatable bonds is 1. The topological polar surface area (TPSA) is 88.1 Å². The molecule has 1 N–H and O–H groups in total. The first kappa shape index (κ1) is 12.8. The molecule has 17 heavy (non-hydrogen) atoms. The molecule has 0 saturated heterocycles. The smallest absolute Gasteiger partial charge is 0.353 e. The predicted molar refractivity (Wildman–Crippen MR) is 60.1 cm³/mol. The average Bonchev–Trinajstić information content (AvgIpc) is 2.22. The molecule has 0 aromatic rings. The minimum atomic E-state index is -1.16. The van der Waals surface area contributed by atoms with E-state index in [1.165, 1.54) is 4.90 Å². The number of carboxylic acid groups (broad SMARTS) is 1. The second-order valence-electron chi connectivity index (χ2n) is 4.40. The molecule has 1 aliphatic rings. The maximum absolute atomic E-state index is 11.2. The highest BCUT2D eigenvalue weighted by Crippen LogP contribution is 2.43. The monoisotopic (exact) mass is 231 g/mol. The van der Waals surface area contributed by atoms with Gasteiger partial charge in [-0.15, -0.1) is 0 Å². The number of carbonyl (C=O) groups is 1. The minimum Gasteiger partial charge on any atom is -0.477 e. The van der Waals surface area contributed by atoms with Crippen LogP contribution in [0.5, 0.6) is 0 Å². The lowest BCUT2D eigenvalue weighted by molar-refractivity contribution is -0.134. The maximum atomic E-state index is 11.2. The molecule has 5 heteroatoms. The van der Waals surface area contributed by atoms with Crippen LogP contribution in [0, 0.1) is 28.1 Å². The number of nitrogens with zero attached hydrogens (tertiary/aromatic N) is 3. The zero-order valence-electron chi connectivity index (χ0n) is 10.2. The lowest BCUT2D eigenvalue weighted by atomic mass is 9.74. The van der Waals surface area contributed by atoms with E-state index in [0.29, 0.717) is 11.3 Å². The second kappa shape index (κ2) is 3.95. The predicted octanol–water partition coefficient (Wildman–Crippen LogP) is 1.62. The van der Waals surface area contributed by atoms with Crippen LogP contribution in [0.25, 0.3) is 0 Å². The van der Waals surface area contributed by atoms with Gasteiger partial charge in [-0.2, -0.15) is 10.5 Å². The van der Waals surface area contributed by atoms with E-state index in [0.717, 1.165) is 0 Å². The Labute approximate surface area is 99.9 Å². The summed E-state index contributed by atoms with van der Waals surface area (Å²) in [5, 5.41) is 27.4. The fourth-order valence-electron chi connectivity index (χ4n) is 2.04. The molecule has 1 heterocycles. The normalized spacial score (nSPS) is 18.8. The quantitative estimate of drug-likeness (QED) is 0.740. The highest BCUT2D eigenvalue weighted by Gasteiger charge is 2.40. The Bertz CT molecular complexity index is 527. The van der Waals surface area contributed by atoms with Crippen molar-refractivity contribution in [2.24, 2.45) is 5.41 Å². The SMILES string of the molecule is CC1=C(C#N)C(C)(C)C(C#N)=C(C(=O)O)N1C. The molecule has 1 rings (SSSR count). The van der Waals surface area contributed by atoms with E-state index in [1.807, 2.05) is 6.07 Å². The van der Waals surface area contributed by atoms with Gasteiger partial charge < -0.3 is 10.0 Å². The van der Waals surface area contributed by atoms with E-state index in [4.69, 9.17) is 15.6 Å². The molecule has 0 saturated carbocycles. The number of hydrogen-bond acceptors (Lipinski definition) is 4. The minimum absolute atomic E-state index is 0.0611. The van der Waals surface area contributed by atoms with Crippen LogP contribution in [0.1, 0.15) is 20.8 Å². The van der Waals surface area contributed by atoms with Gasteiger partial charge >= 0.3 is 5.97 Å². The van der Waals surface area contributed by atoms with Gasteiger partial charge in [0.15, 0.2) is 0 Å². The second-order valence-corrected chi connectivity index (χ2v) is 4.40. The molecule has 0 unspecified atom stereocenters. The summed E-state index contributed by atoms with van der Waals surface area (Å²) in [7, 11) is 1.54. The maximum Gasteiger partial charge on any atom is 0.353 e. The van der Waals surface area contributed by atoms with Crippen molar-refractivity contribution >= 4 is 5.97 Å². The number of aliphatic carboxylic acids is 1. The summed E-state index contributed by atoms with van der Waals surface area (Å²) in [6, 6.07) is 3.97. The first-order valence-electron chi connectivity index (χ1n) is 5.02. The van der Waals surface area contributed by atoms with E-state index in [9.17, 15) is 4.79 Å². The van der Waals surface area contributed by atoms with Crippen LogP contribution in [0.4, 0.5) is 0 Å². The third-order valence-electron chi connectivity index (χ3n) is 3.11. The third kappa shape index (κ3) is 1.66. The molecule has 0 aromatic heterocycles. The number of likely N-dealkylation sites (N-methyl/N-ethyl adjacent to an activating group) is 1. The fraction of sp³-hybridized carbons (Fsp3) is 0.417. The zero-order chi connectivity index (χ0) is 13.4. The van der Waals surface area contributed by atoms with E-state index in [-0.39, 0.29) is 11.3 Å². The van der Waals surface area contributed by atoms with Crippen molar-refractivity contribution in [2.75, 3.05) is 7.05 Å². The summed E-state index contributed by atoms with van der Waals surface area (Å²) in [6.07, 6.45) is 0. The molecule has 0 aliphatic carbocycles. The van der Waals surface area contributed by atoms with E-state index in [2.05, 4.69) is 6.07 Å². The van der Waals surface area contributed by atoms with E-state index < -0.39 is 11.4 Å². The van der Waals surface area contributed by atoms with E-state index >= 15 is 0 Å². The summed E-state index contributed by atoms with van der Waals surface area (Å²) in [5.74, 6) is -1.16. The first-order chi connectivity index (χ1) is 7.78. The summed E-state index contributed by atoms with van der Waals surface area (Å²) in [4.78, 5) is 12.6. The van der Waals surface area contributed by atoms with Gasteiger partial charge in [-0.1, -0.05) is 13.8 Å². The lowest BCUT2D eigenvalue weighted by Crippen LogP contribution is -2.35. The van der Waals surface area contributed by atoms with Gasteiger partial charge in [0.05, 0.1) is 23.3 Å². The lowest BCUT2D eigenvalue weighted by Gasteiger charge is -2.36. The van der Waals surface area contributed by atoms with Crippen molar-refractivity contribution in [3.05, 3.63) is 22.5 Å². The van der Waals surface area contributed by atoms with Crippen LogP contribution in [0.15, 0.2) is 22.5 Å². The van der Waals surface area contributed by atoms with Gasteiger partial charge in [0.2, 0.25) is 0 Å². The Hall–Kier alpha value is -2.27. The molecule has 88 valence electrons. The molecule has 0 aromatic carbocycles. The molecule has 0 fully saturated rings. The highest BCUT2D eigenvalue weighted by atomic mass is 16.4. The fourth-order valence-corrected chi connectivity index (χ4v) is 2.04. The molecule has 0 radical (unpaired) electrons. The molecular formula is C12H13N3O2. The van der Waals surface area contributed by atoms with Crippen molar-refractivity contribution < 1.29 is 9.90 Å². The molecule has 0 bridgehead atoms. The number of hydrogen-bond donors (Lipinski definition) is 1. The summed E-state index contributed by atoms with van der Waals surface area (Å²) < 4.78 is 0. The average molecular weight is 231 g/mol. The van der Waals surface area contributed by atoms with Gasteiger partial charge in [0, 0.05) is 18.2 Å². The Morgan fingerprint density at radius 1 is 1.29 bits per heavy atom. The Kier molecular flexibility index (Phi) is 2.97. The molecule has 5 nitrogen and oxygen atoms in total. The van der Waals surface area contributed by atoms with Crippen LogP contribution < -0.4 is 0 Å². The molecule has 0 spiro atoms. The largest absolute Gasteiger partial charge is 0.477 e. The standard InChI is InChI=1S/C12H13N3O2/c1-7-8(5-13)12(2,3)9(6-14)10(11(16)17)15(7)4/h1-4H3,(H,16,17). The van der Waals surface area contributed by atoms with Crippen molar-refractivity contribution in [2.45, 2.75) is 20.8 Å². The Morgan fingerprint density at radius 3 is 2.12 bits per heavy atom. The molecule has 0 amide bonds. The third-order valence-corrected chi connectivity index (χ3v) is 3.11. The van der Waals surface area contributed by atoms with Crippen LogP contribution >= 0.6 is 0 Å². The van der Waals surface area contributed by atoms with Crippen LogP contribution in [0.3, 0.4) is 0 Å². The van der Waals surface area contributed by atoms with Crippen molar-refractivity contribution in [3.63, 3.8) is 0 Å². The summed E-state index contributed by atoms with van der Waals surface area (Å²) >= 11 is 0. The Morgan fingerprint density at radius 2 is 1.76 bits per heavy atom. The van der Waals surface area contributed by atoms with Gasteiger partial charge in [0.1, 0.15) is 5.70 Å². The molecule has 1 aliphatic heterocycles. The van der Waals surface area contributed by atoms with Gasteiger partial charge in [-0.25, -0.2) is 4.79 Å². The van der Waals surface area contributed by atoms with E-state index in [1.54, 1.807) is 27.8 Å². The first-order valence-corrected chi connectivity index (χ1v) is 5.02. The number of nitriles is 2. The number of carboxylic acids is 1. The van der Waals surface area contributed by atoms with Gasteiger partial charge in [-0.05, 0) is 6.92 Å². The van der Waals surface area contributed by atoms with Crippen LogP contribution in [-0.4, -0.2) is 23.0 Å². The van der Waals surface area contributed by atoms with Crippen LogP contribution in [-0.2, 0) is 4.79 Å². The summed E-state index contributed by atoms with van der Waals surface area (Å²) in [6.45, 7) is 5.05. The molecular weight excluding hydrogens is 218 g/mol. The van der Waals surface area contributed by atoms with Gasteiger partial charge in [-0.3, -0.25) is 0 Å². The zero-order valence-corrected chi connectivity index (χ0v) is 10.2. The number of allylic oxidation sites excluding steroid dienone is 3. The van der Waals surface area contributed by atoms with Crippen molar-refractivity contribution in [3.8, 4) is 12.1 Å². The molecule has 0 atom stereocenters. The van der Waals surface area contributed by atoms with Crippen molar-refractivity contribution in [1.29, 1.82) is 10.5 Å². The van der Waals surface area contributed by atoms with Crippen LogP contribution in [0.2, 0.25) is 0 Å².